The molecule has 1 fully saturated rings. The van der Waals surface area contributed by atoms with Gasteiger partial charge in [0.1, 0.15) is 11.6 Å². The zero-order valence-electron chi connectivity index (χ0n) is 16.6. The van der Waals surface area contributed by atoms with Crippen molar-refractivity contribution in [2.75, 3.05) is 20.3 Å². The number of amides is 1. The largest absolute Gasteiger partial charge is 0.497 e. The summed E-state index contributed by atoms with van der Waals surface area (Å²) in [6.45, 7) is 0.101. The first-order valence-corrected chi connectivity index (χ1v) is 9.91. The molecule has 0 radical (unpaired) electrons. The van der Waals surface area contributed by atoms with E-state index in [1.54, 1.807) is 19.2 Å². The van der Waals surface area contributed by atoms with E-state index >= 15 is 0 Å². The number of aliphatic hydroxyl groups is 1. The van der Waals surface area contributed by atoms with Gasteiger partial charge < -0.3 is 25.6 Å². The Morgan fingerprint density at radius 3 is 3.03 bits per heavy atom. The maximum absolute atomic E-state index is 14.5. The second-order valence-electron chi connectivity index (χ2n) is 7.32. The van der Waals surface area contributed by atoms with Gasteiger partial charge in [0.15, 0.2) is 0 Å². The predicted molar refractivity (Wildman–Crippen MR) is 107 cm³/mol. The monoisotopic (exact) mass is 405 g/mol. The number of hydrogen-bond donors (Lipinski definition) is 3. The standard InChI is InChI=1S/C21H28FN3O4/c1-28-14-4-7-19-16(10-14)15(17(22)12-25-19)5-2-13-3-6-18(23)20(29-13)11-21(27)24-8-9-26/h4,7,10,12-13,18,20,26H,2-3,5-6,8-9,11,23H2,1H3,(H,24,27). The minimum Gasteiger partial charge on any atom is -0.497 e. The highest BCUT2D eigenvalue weighted by Crippen LogP contribution is 2.28. The Labute approximate surface area is 169 Å². The Bertz CT molecular complexity index is 848. The number of aryl methyl sites for hydroxylation is 1. The van der Waals surface area contributed by atoms with Crippen molar-refractivity contribution in [3.05, 3.63) is 35.8 Å². The Morgan fingerprint density at radius 1 is 1.45 bits per heavy atom. The van der Waals surface area contributed by atoms with Gasteiger partial charge in [0, 0.05) is 18.0 Å². The summed E-state index contributed by atoms with van der Waals surface area (Å²) in [6.07, 6.45) is 3.54. The van der Waals surface area contributed by atoms with Gasteiger partial charge in [-0.2, -0.15) is 0 Å². The number of hydrogen-bond acceptors (Lipinski definition) is 6. The fourth-order valence-corrected chi connectivity index (χ4v) is 3.73. The number of nitrogens with zero attached hydrogens (tertiary/aromatic N) is 1. The highest BCUT2D eigenvalue weighted by molar-refractivity contribution is 5.83. The first kappa shape index (κ1) is 21.4. The molecule has 0 spiro atoms. The number of halogens is 1. The summed E-state index contributed by atoms with van der Waals surface area (Å²) < 4.78 is 25.8. The number of carbonyl (C=O) groups excluding carboxylic acids is 1. The van der Waals surface area contributed by atoms with E-state index in [2.05, 4.69) is 10.3 Å². The summed E-state index contributed by atoms with van der Waals surface area (Å²) in [6, 6.07) is 5.20. The van der Waals surface area contributed by atoms with Gasteiger partial charge >= 0.3 is 0 Å². The third-order valence-corrected chi connectivity index (χ3v) is 5.34. The van der Waals surface area contributed by atoms with Crippen molar-refractivity contribution in [1.82, 2.24) is 10.3 Å². The molecule has 29 heavy (non-hydrogen) atoms. The zero-order chi connectivity index (χ0) is 20.8. The average molecular weight is 405 g/mol. The van der Waals surface area contributed by atoms with E-state index in [9.17, 15) is 9.18 Å². The van der Waals surface area contributed by atoms with Crippen LogP contribution in [0.4, 0.5) is 4.39 Å². The molecule has 1 aliphatic heterocycles. The number of ether oxygens (including phenoxy) is 2. The molecule has 1 aromatic carbocycles. The number of rotatable bonds is 8. The maximum atomic E-state index is 14.5. The predicted octanol–water partition coefficient (Wildman–Crippen LogP) is 1.69. The number of fused-ring (bicyclic) bond motifs is 1. The second-order valence-corrected chi connectivity index (χ2v) is 7.32. The van der Waals surface area contributed by atoms with Crippen LogP contribution in [0.25, 0.3) is 10.9 Å². The van der Waals surface area contributed by atoms with Crippen LogP contribution < -0.4 is 15.8 Å². The van der Waals surface area contributed by atoms with E-state index in [-0.39, 0.29) is 49.5 Å². The topological polar surface area (TPSA) is 107 Å². The maximum Gasteiger partial charge on any atom is 0.222 e. The van der Waals surface area contributed by atoms with Crippen LogP contribution in [-0.4, -0.2) is 54.5 Å². The van der Waals surface area contributed by atoms with Crippen LogP contribution in [0.1, 0.15) is 31.2 Å². The van der Waals surface area contributed by atoms with E-state index in [1.807, 2.05) is 6.07 Å². The average Bonchev–Trinajstić information content (AvgIpc) is 2.73. The van der Waals surface area contributed by atoms with Gasteiger partial charge in [-0.3, -0.25) is 9.78 Å². The van der Waals surface area contributed by atoms with E-state index in [4.69, 9.17) is 20.3 Å². The van der Waals surface area contributed by atoms with Crippen molar-refractivity contribution in [1.29, 1.82) is 0 Å². The van der Waals surface area contributed by atoms with E-state index in [0.717, 1.165) is 18.2 Å². The highest BCUT2D eigenvalue weighted by Gasteiger charge is 2.30. The normalized spacial score (nSPS) is 21.9. The Kier molecular flexibility index (Phi) is 7.35. The Balaban J connectivity index is 1.66. The van der Waals surface area contributed by atoms with Crippen LogP contribution in [0.3, 0.4) is 0 Å². The molecule has 158 valence electrons. The third-order valence-electron chi connectivity index (χ3n) is 5.34. The lowest BCUT2D eigenvalue weighted by molar-refractivity contribution is -0.128. The van der Waals surface area contributed by atoms with Gasteiger partial charge in [-0.1, -0.05) is 0 Å². The van der Waals surface area contributed by atoms with Gasteiger partial charge in [-0.05, 0) is 49.4 Å². The number of nitrogens with one attached hydrogen (secondary N) is 1. The molecule has 0 saturated carbocycles. The summed E-state index contributed by atoms with van der Waals surface area (Å²) in [7, 11) is 1.57. The number of nitrogens with two attached hydrogens (primary N) is 1. The third kappa shape index (κ3) is 5.41. The second kappa shape index (κ2) is 9.96. The molecule has 8 heteroatoms. The van der Waals surface area contributed by atoms with Gasteiger partial charge in [0.2, 0.25) is 5.91 Å². The molecule has 1 saturated heterocycles. The number of pyridine rings is 1. The van der Waals surface area contributed by atoms with Crippen molar-refractivity contribution in [2.45, 2.75) is 50.4 Å². The molecule has 2 aromatic rings. The van der Waals surface area contributed by atoms with Crippen molar-refractivity contribution in [3.8, 4) is 5.75 Å². The molecule has 0 aliphatic carbocycles. The van der Waals surface area contributed by atoms with Crippen LogP contribution in [-0.2, 0) is 16.0 Å². The Morgan fingerprint density at radius 2 is 2.28 bits per heavy atom. The lowest BCUT2D eigenvalue weighted by atomic mass is 9.93. The van der Waals surface area contributed by atoms with Crippen LogP contribution in [0.2, 0.25) is 0 Å². The fourth-order valence-electron chi connectivity index (χ4n) is 3.73. The molecule has 0 bridgehead atoms. The fraction of sp³-hybridized carbons (Fsp3) is 0.524. The number of benzene rings is 1. The van der Waals surface area contributed by atoms with Crippen molar-refractivity contribution in [3.63, 3.8) is 0 Å². The molecule has 1 amide bonds. The quantitative estimate of drug-likeness (QED) is 0.617. The van der Waals surface area contributed by atoms with Gasteiger partial charge in [-0.25, -0.2) is 4.39 Å². The molecule has 1 aliphatic rings. The lowest BCUT2D eigenvalue weighted by Crippen LogP contribution is -2.46. The van der Waals surface area contributed by atoms with E-state index < -0.39 is 0 Å². The molecular formula is C21H28FN3O4. The van der Waals surface area contributed by atoms with Crippen molar-refractivity contribution < 1.29 is 23.8 Å². The number of methoxy groups -OCH3 is 1. The minimum atomic E-state index is -0.383. The SMILES string of the molecule is COc1ccc2ncc(F)c(CCC3CCC(N)C(CC(=O)NCCO)O3)c2c1. The summed E-state index contributed by atoms with van der Waals surface area (Å²) >= 11 is 0. The summed E-state index contributed by atoms with van der Waals surface area (Å²) in [4.78, 5) is 16.1. The minimum absolute atomic E-state index is 0.0985. The summed E-state index contributed by atoms with van der Waals surface area (Å²) in [5.74, 6) is 0.108. The summed E-state index contributed by atoms with van der Waals surface area (Å²) in [5.41, 5.74) is 7.42. The molecule has 2 heterocycles. The smallest absolute Gasteiger partial charge is 0.222 e. The summed E-state index contributed by atoms with van der Waals surface area (Å²) in [5, 5.41) is 12.2. The molecule has 1 aromatic heterocycles. The molecule has 3 rings (SSSR count). The molecule has 3 unspecified atom stereocenters. The molecule has 7 nitrogen and oxygen atoms in total. The van der Waals surface area contributed by atoms with E-state index in [1.165, 1.54) is 6.20 Å². The van der Waals surface area contributed by atoms with Crippen molar-refractivity contribution >= 4 is 16.8 Å². The highest BCUT2D eigenvalue weighted by atomic mass is 19.1. The first-order valence-electron chi connectivity index (χ1n) is 9.91. The van der Waals surface area contributed by atoms with Gasteiger partial charge in [0.05, 0.1) is 44.1 Å². The van der Waals surface area contributed by atoms with Gasteiger partial charge in [0.25, 0.3) is 0 Å². The number of aliphatic hydroxyl groups excluding tert-OH is 1. The number of carbonyl (C=O) groups is 1. The lowest BCUT2D eigenvalue weighted by Gasteiger charge is -2.34. The zero-order valence-corrected chi connectivity index (χ0v) is 16.6. The van der Waals surface area contributed by atoms with Crippen LogP contribution >= 0.6 is 0 Å². The van der Waals surface area contributed by atoms with Crippen LogP contribution in [0, 0.1) is 5.82 Å². The molecule has 3 atom stereocenters. The molecule has 4 N–H and O–H groups in total. The first-order chi connectivity index (χ1) is 14.0. The van der Waals surface area contributed by atoms with Gasteiger partial charge in [-0.15, -0.1) is 0 Å². The van der Waals surface area contributed by atoms with Crippen LogP contribution in [0.15, 0.2) is 24.4 Å². The van der Waals surface area contributed by atoms with E-state index in [0.29, 0.717) is 29.7 Å². The van der Waals surface area contributed by atoms with Crippen molar-refractivity contribution in [2.24, 2.45) is 5.73 Å². The van der Waals surface area contributed by atoms with Crippen LogP contribution in [0.5, 0.6) is 5.75 Å². The molecular weight excluding hydrogens is 377 g/mol. The Hall–Kier alpha value is -2.29. The number of aromatic nitrogens is 1.